The van der Waals surface area contributed by atoms with E-state index in [0.717, 1.165) is 0 Å². The van der Waals surface area contributed by atoms with Crippen molar-refractivity contribution in [3.63, 3.8) is 0 Å². The number of fused-ring (bicyclic) bond motifs is 1. The fraction of sp³-hybridized carbons (Fsp3) is 0.118. The van der Waals surface area contributed by atoms with Crippen LogP contribution in [-0.4, -0.2) is 26.1 Å². The van der Waals surface area contributed by atoms with Crippen molar-refractivity contribution < 1.29 is 23.1 Å². The number of hydrogen-bond donors (Lipinski definition) is 1. The van der Waals surface area contributed by atoms with E-state index < -0.39 is 15.8 Å². The number of sulfone groups is 1. The molecule has 0 bridgehead atoms. The van der Waals surface area contributed by atoms with Crippen LogP contribution in [0.4, 0.5) is 0 Å². The Morgan fingerprint density at radius 3 is 2.35 bits per heavy atom. The normalized spacial score (nSPS) is 15.3. The fourth-order valence-electron chi connectivity index (χ4n) is 2.60. The molecule has 0 fully saturated rings. The standard InChI is InChI=1S/C17H14O5S/c18-17(19)16-13-8-4-5-9-14(13)23(20,21)15(16)10-11-22-12-6-2-1-3-7-12/h1-9H,10-11H2,(H,18,19). The van der Waals surface area contributed by atoms with Gasteiger partial charge in [0.05, 0.1) is 22.0 Å². The number of benzene rings is 2. The zero-order valence-corrected chi connectivity index (χ0v) is 12.9. The van der Waals surface area contributed by atoms with Gasteiger partial charge in [0.15, 0.2) is 0 Å². The summed E-state index contributed by atoms with van der Waals surface area (Å²) in [5, 5.41) is 9.42. The highest BCUT2D eigenvalue weighted by molar-refractivity contribution is 7.96. The number of carbonyl (C=O) groups is 1. The molecule has 0 atom stereocenters. The summed E-state index contributed by atoms with van der Waals surface area (Å²) in [6.45, 7) is 0.0867. The molecule has 0 saturated carbocycles. The third-order valence-electron chi connectivity index (χ3n) is 3.60. The fourth-order valence-corrected chi connectivity index (χ4v) is 4.40. The maximum absolute atomic E-state index is 12.6. The zero-order valence-electron chi connectivity index (χ0n) is 12.1. The van der Waals surface area contributed by atoms with E-state index in [0.29, 0.717) is 5.75 Å². The third kappa shape index (κ3) is 2.73. The monoisotopic (exact) mass is 330 g/mol. The minimum Gasteiger partial charge on any atom is -0.493 e. The summed E-state index contributed by atoms with van der Waals surface area (Å²) in [7, 11) is -3.78. The summed E-state index contributed by atoms with van der Waals surface area (Å²) in [4.78, 5) is 11.5. The minimum atomic E-state index is -3.78. The van der Waals surface area contributed by atoms with Gasteiger partial charge in [-0.25, -0.2) is 13.2 Å². The highest BCUT2D eigenvalue weighted by Gasteiger charge is 2.38. The number of carboxylic acid groups (broad SMARTS) is 1. The van der Waals surface area contributed by atoms with Crippen LogP contribution in [0.15, 0.2) is 64.4 Å². The molecule has 0 saturated heterocycles. The van der Waals surface area contributed by atoms with Gasteiger partial charge in [-0.05, 0) is 18.2 Å². The maximum Gasteiger partial charge on any atom is 0.337 e. The molecule has 2 aromatic rings. The van der Waals surface area contributed by atoms with E-state index in [9.17, 15) is 18.3 Å². The average Bonchev–Trinajstić information content (AvgIpc) is 2.77. The Morgan fingerprint density at radius 2 is 1.65 bits per heavy atom. The van der Waals surface area contributed by atoms with Crippen LogP contribution in [0.1, 0.15) is 12.0 Å². The van der Waals surface area contributed by atoms with Crippen LogP contribution < -0.4 is 4.74 Å². The van der Waals surface area contributed by atoms with E-state index in [1.54, 1.807) is 36.4 Å². The quantitative estimate of drug-likeness (QED) is 0.912. The molecule has 0 aromatic heterocycles. The Bertz CT molecular complexity index is 882. The summed E-state index contributed by atoms with van der Waals surface area (Å²) in [6.07, 6.45) is 0.00748. The first-order valence-corrected chi connectivity index (χ1v) is 8.49. The molecular formula is C17H14O5S. The molecule has 0 unspecified atom stereocenters. The number of hydrogen-bond acceptors (Lipinski definition) is 4. The molecular weight excluding hydrogens is 316 g/mol. The van der Waals surface area contributed by atoms with Crippen molar-refractivity contribution in [2.45, 2.75) is 11.3 Å². The lowest BCUT2D eigenvalue weighted by Gasteiger charge is -2.07. The molecule has 1 N–H and O–H groups in total. The van der Waals surface area contributed by atoms with E-state index in [2.05, 4.69) is 0 Å². The summed E-state index contributed by atoms with van der Waals surface area (Å²) in [5.41, 5.74) is 0.0898. The minimum absolute atomic E-state index is 0.00748. The smallest absolute Gasteiger partial charge is 0.337 e. The molecule has 3 rings (SSSR count). The van der Waals surface area contributed by atoms with Gasteiger partial charge in [0.1, 0.15) is 5.75 Å². The summed E-state index contributed by atoms with van der Waals surface area (Å²) < 4.78 is 30.6. The first kappa shape index (κ1) is 15.3. The van der Waals surface area contributed by atoms with Crippen molar-refractivity contribution in [3.8, 4) is 5.75 Å². The topological polar surface area (TPSA) is 80.7 Å². The Kier molecular flexibility index (Phi) is 3.92. The van der Waals surface area contributed by atoms with Gasteiger partial charge >= 0.3 is 5.97 Å². The maximum atomic E-state index is 12.6. The zero-order chi connectivity index (χ0) is 16.4. The van der Waals surface area contributed by atoms with Gasteiger partial charge in [0, 0.05) is 12.0 Å². The molecule has 1 heterocycles. The van der Waals surface area contributed by atoms with Gasteiger partial charge in [-0.3, -0.25) is 0 Å². The molecule has 0 radical (unpaired) electrons. The lowest BCUT2D eigenvalue weighted by Crippen LogP contribution is -2.08. The number of rotatable bonds is 5. The van der Waals surface area contributed by atoms with Crippen molar-refractivity contribution in [2.75, 3.05) is 6.61 Å². The number of carboxylic acids is 1. The van der Waals surface area contributed by atoms with E-state index in [-0.39, 0.29) is 34.0 Å². The predicted molar refractivity (Wildman–Crippen MR) is 84.7 cm³/mol. The Morgan fingerprint density at radius 1 is 1.00 bits per heavy atom. The molecule has 2 aromatic carbocycles. The average molecular weight is 330 g/mol. The predicted octanol–water partition coefficient (Wildman–Crippen LogP) is 2.74. The van der Waals surface area contributed by atoms with E-state index in [1.165, 1.54) is 12.1 Å². The van der Waals surface area contributed by atoms with Crippen molar-refractivity contribution in [1.82, 2.24) is 0 Å². The molecule has 1 aliphatic heterocycles. The largest absolute Gasteiger partial charge is 0.493 e. The van der Waals surface area contributed by atoms with Gasteiger partial charge in [-0.1, -0.05) is 36.4 Å². The van der Waals surface area contributed by atoms with Crippen molar-refractivity contribution in [3.05, 3.63) is 65.1 Å². The lowest BCUT2D eigenvalue weighted by atomic mass is 10.1. The number of ether oxygens (including phenoxy) is 1. The van der Waals surface area contributed by atoms with Gasteiger partial charge in [-0.15, -0.1) is 0 Å². The highest BCUT2D eigenvalue weighted by Crippen LogP contribution is 2.40. The summed E-state index contributed by atoms with van der Waals surface area (Å²) in [6, 6.07) is 15.1. The first-order valence-electron chi connectivity index (χ1n) is 7.00. The number of aliphatic carboxylic acids is 1. The van der Waals surface area contributed by atoms with Crippen LogP contribution >= 0.6 is 0 Å². The lowest BCUT2D eigenvalue weighted by molar-refractivity contribution is -0.130. The molecule has 6 heteroatoms. The third-order valence-corrected chi connectivity index (χ3v) is 5.60. The van der Waals surface area contributed by atoms with Gasteiger partial charge in [0.2, 0.25) is 9.84 Å². The van der Waals surface area contributed by atoms with E-state index in [4.69, 9.17) is 4.74 Å². The van der Waals surface area contributed by atoms with E-state index in [1.807, 2.05) is 6.07 Å². The van der Waals surface area contributed by atoms with Crippen molar-refractivity contribution in [1.29, 1.82) is 0 Å². The molecule has 0 aliphatic carbocycles. The number of para-hydroxylation sites is 1. The molecule has 0 amide bonds. The molecule has 118 valence electrons. The summed E-state index contributed by atoms with van der Waals surface area (Å²) in [5.74, 6) is -0.633. The second kappa shape index (κ2) is 5.89. The van der Waals surface area contributed by atoms with Crippen LogP contribution in [0.2, 0.25) is 0 Å². The highest BCUT2D eigenvalue weighted by atomic mass is 32.2. The molecule has 1 aliphatic rings. The second-order valence-corrected chi connectivity index (χ2v) is 6.95. The van der Waals surface area contributed by atoms with Crippen LogP contribution in [0, 0.1) is 0 Å². The SMILES string of the molecule is O=C(O)C1=C(CCOc2ccccc2)S(=O)(=O)c2ccccc21. The Balaban J connectivity index is 1.90. The van der Waals surface area contributed by atoms with Crippen LogP contribution in [0.25, 0.3) is 5.57 Å². The molecule has 23 heavy (non-hydrogen) atoms. The van der Waals surface area contributed by atoms with Crippen LogP contribution in [-0.2, 0) is 14.6 Å². The van der Waals surface area contributed by atoms with Crippen molar-refractivity contribution >= 4 is 21.4 Å². The molecule has 0 spiro atoms. The Labute approximate surface area is 133 Å². The van der Waals surface area contributed by atoms with Gasteiger partial charge in [0.25, 0.3) is 0 Å². The van der Waals surface area contributed by atoms with Crippen LogP contribution in [0.3, 0.4) is 0 Å². The van der Waals surface area contributed by atoms with Gasteiger partial charge < -0.3 is 9.84 Å². The van der Waals surface area contributed by atoms with E-state index >= 15 is 0 Å². The Hall–Kier alpha value is -2.60. The molecule has 5 nitrogen and oxygen atoms in total. The second-order valence-electron chi connectivity index (χ2n) is 5.01. The first-order chi connectivity index (χ1) is 11.0. The van der Waals surface area contributed by atoms with Gasteiger partial charge in [-0.2, -0.15) is 0 Å². The van der Waals surface area contributed by atoms with Crippen LogP contribution in [0.5, 0.6) is 5.75 Å². The summed E-state index contributed by atoms with van der Waals surface area (Å²) >= 11 is 0. The van der Waals surface area contributed by atoms with Crippen molar-refractivity contribution in [2.24, 2.45) is 0 Å².